The quantitative estimate of drug-likeness (QED) is 0.827. The van der Waals surface area contributed by atoms with Crippen LogP contribution in [0.4, 0.5) is 10.6 Å². The zero-order chi connectivity index (χ0) is 12.7. The summed E-state index contributed by atoms with van der Waals surface area (Å²) in [6, 6.07) is 1.76. The minimum atomic E-state index is -0.0381. The standard InChI is InChI=1S/C12H22N4O/c1-4-6-10-16(9-5-2)12(17)14-11-7-8-13-15(11)3/h7-8H,4-6,9-10H2,1-3H3,(H,14,17). The first-order chi connectivity index (χ1) is 8.19. The van der Waals surface area contributed by atoms with Crippen molar-refractivity contribution < 1.29 is 4.79 Å². The summed E-state index contributed by atoms with van der Waals surface area (Å²) in [6.07, 6.45) is 4.78. The minimum absolute atomic E-state index is 0.0381. The van der Waals surface area contributed by atoms with Gasteiger partial charge in [0, 0.05) is 26.2 Å². The Morgan fingerprint density at radius 3 is 2.71 bits per heavy atom. The Morgan fingerprint density at radius 1 is 1.41 bits per heavy atom. The number of nitrogens with zero attached hydrogens (tertiary/aromatic N) is 3. The number of amides is 2. The van der Waals surface area contributed by atoms with Crippen LogP contribution >= 0.6 is 0 Å². The third-order valence-electron chi connectivity index (χ3n) is 2.62. The van der Waals surface area contributed by atoms with E-state index >= 15 is 0 Å². The molecule has 0 aliphatic carbocycles. The van der Waals surface area contributed by atoms with Crippen LogP contribution in [-0.2, 0) is 7.05 Å². The summed E-state index contributed by atoms with van der Waals surface area (Å²) in [7, 11) is 1.81. The maximum Gasteiger partial charge on any atom is 0.322 e. The van der Waals surface area contributed by atoms with Crippen molar-refractivity contribution in [1.29, 1.82) is 0 Å². The number of hydrogen-bond donors (Lipinski definition) is 1. The Hall–Kier alpha value is -1.52. The van der Waals surface area contributed by atoms with Crippen LogP contribution in [0.5, 0.6) is 0 Å². The maximum absolute atomic E-state index is 12.0. The number of carbonyl (C=O) groups is 1. The van der Waals surface area contributed by atoms with Crippen LogP contribution < -0.4 is 5.32 Å². The molecular weight excluding hydrogens is 216 g/mol. The molecule has 1 aromatic rings. The van der Waals surface area contributed by atoms with Crippen molar-refractivity contribution in [1.82, 2.24) is 14.7 Å². The average Bonchev–Trinajstić information content (AvgIpc) is 2.70. The highest BCUT2D eigenvalue weighted by atomic mass is 16.2. The highest BCUT2D eigenvalue weighted by Crippen LogP contribution is 2.06. The molecular formula is C12H22N4O. The topological polar surface area (TPSA) is 50.2 Å². The fourth-order valence-corrected chi connectivity index (χ4v) is 1.62. The van der Waals surface area contributed by atoms with Gasteiger partial charge < -0.3 is 4.90 Å². The van der Waals surface area contributed by atoms with E-state index in [1.165, 1.54) is 0 Å². The van der Waals surface area contributed by atoms with Gasteiger partial charge in [-0.15, -0.1) is 0 Å². The molecule has 2 amide bonds. The van der Waals surface area contributed by atoms with Gasteiger partial charge >= 0.3 is 6.03 Å². The van der Waals surface area contributed by atoms with Crippen molar-refractivity contribution in [2.45, 2.75) is 33.1 Å². The van der Waals surface area contributed by atoms with Crippen molar-refractivity contribution in [2.75, 3.05) is 18.4 Å². The van der Waals surface area contributed by atoms with E-state index in [4.69, 9.17) is 0 Å². The predicted molar refractivity (Wildman–Crippen MR) is 69.0 cm³/mol. The molecule has 5 heteroatoms. The zero-order valence-corrected chi connectivity index (χ0v) is 10.9. The lowest BCUT2D eigenvalue weighted by atomic mass is 10.3. The number of unbranched alkanes of at least 4 members (excludes halogenated alkanes) is 1. The molecule has 0 bridgehead atoms. The lowest BCUT2D eigenvalue weighted by Gasteiger charge is -2.22. The highest BCUT2D eigenvalue weighted by molar-refractivity contribution is 5.88. The molecule has 0 saturated heterocycles. The fraction of sp³-hybridized carbons (Fsp3) is 0.667. The highest BCUT2D eigenvalue weighted by Gasteiger charge is 2.13. The molecule has 17 heavy (non-hydrogen) atoms. The lowest BCUT2D eigenvalue weighted by Crippen LogP contribution is -2.36. The van der Waals surface area contributed by atoms with Crippen LogP contribution in [0, 0.1) is 0 Å². The summed E-state index contributed by atoms with van der Waals surface area (Å²) in [6.45, 7) is 5.82. The number of urea groups is 1. The first kappa shape index (κ1) is 13.5. The molecule has 0 atom stereocenters. The van der Waals surface area contributed by atoms with Gasteiger partial charge in [0.05, 0.1) is 6.20 Å². The first-order valence-electron chi connectivity index (χ1n) is 6.23. The second-order valence-corrected chi connectivity index (χ2v) is 4.11. The third-order valence-corrected chi connectivity index (χ3v) is 2.62. The molecule has 96 valence electrons. The Bertz CT molecular complexity index is 348. The van der Waals surface area contributed by atoms with Crippen LogP contribution in [0.25, 0.3) is 0 Å². The van der Waals surface area contributed by atoms with Gasteiger partial charge in [-0.05, 0) is 12.8 Å². The number of carbonyl (C=O) groups excluding carboxylic acids is 1. The molecule has 1 rings (SSSR count). The van der Waals surface area contributed by atoms with Crippen molar-refractivity contribution in [3.63, 3.8) is 0 Å². The molecule has 0 spiro atoms. The molecule has 0 saturated carbocycles. The third kappa shape index (κ3) is 4.09. The molecule has 0 radical (unpaired) electrons. The summed E-state index contributed by atoms with van der Waals surface area (Å²) in [5.41, 5.74) is 0. The molecule has 0 unspecified atom stereocenters. The molecule has 1 aromatic heterocycles. The summed E-state index contributed by atoms with van der Waals surface area (Å²) < 4.78 is 1.65. The second-order valence-electron chi connectivity index (χ2n) is 4.11. The van der Waals surface area contributed by atoms with Gasteiger partial charge in [-0.25, -0.2) is 4.79 Å². The number of aromatic nitrogens is 2. The molecule has 0 aromatic carbocycles. The van der Waals surface area contributed by atoms with Gasteiger partial charge in [-0.1, -0.05) is 20.3 Å². The van der Waals surface area contributed by atoms with E-state index in [2.05, 4.69) is 24.3 Å². The van der Waals surface area contributed by atoms with Crippen molar-refractivity contribution >= 4 is 11.8 Å². The van der Waals surface area contributed by atoms with Gasteiger partial charge in [0.1, 0.15) is 5.82 Å². The van der Waals surface area contributed by atoms with Crippen molar-refractivity contribution in [2.24, 2.45) is 7.05 Å². The van der Waals surface area contributed by atoms with Crippen LogP contribution in [0.15, 0.2) is 12.3 Å². The van der Waals surface area contributed by atoms with E-state index in [9.17, 15) is 4.79 Å². The Labute approximate surface area is 103 Å². The summed E-state index contributed by atoms with van der Waals surface area (Å²) in [5, 5.41) is 6.89. The van der Waals surface area contributed by atoms with E-state index in [0.29, 0.717) is 0 Å². The zero-order valence-electron chi connectivity index (χ0n) is 10.9. The Kier molecular flexibility index (Phi) is 5.52. The largest absolute Gasteiger partial charge is 0.325 e. The van der Waals surface area contributed by atoms with E-state index in [1.807, 2.05) is 11.9 Å². The minimum Gasteiger partial charge on any atom is -0.325 e. The maximum atomic E-state index is 12.0. The fourth-order valence-electron chi connectivity index (χ4n) is 1.62. The number of nitrogens with one attached hydrogen (secondary N) is 1. The normalized spacial score (nSPS) is 10.3. The number of anilines is 1. The smallest absolute Gasteiger partial charge is 0.322 e. The summed E-state index contributed by atoms with van der Waals surface area (Å²) >= 11 is 0. The van der Waals surface area contributed by atoms with Gasteiger partial charge in [0.15, 0.2) is 0 Å². The SMILES string of the molecule is CCCCN(CCC)C(=O)Nc1ccnn1C. The van der Waals surface area contributed by atoms with Crippen LogP contribution in [0.2, 0.25) is 0 Å². The van der Waals surface area contributed by atoms with Gasteiger partial charge in [0.2, 0.25) is 0 Å². The number of rotatable bonds is 6. The first-order valence-corrected chi connectivity index (χ1v) is 6.23. The molecule has 0 aliphatic heterocycles. The van der Waals surface area contributed by atoms with E-state index < -0.39 is 0 Å². The average molecular weight is 238 g/mol. The van der Waals surface area contributed by atoms with Gasteiger partial charge in [-0.3, -0.25) is 10.00 Å². The predicted octanol–water partition coefficient (Wildman–Crippen LogP) is 2.46. The number of hydrogen-bond acceptors (Lipinski definition) is 2. The van der Waals surface area contributed by atoms with Gasteiger partial charge in [-0.2, -0.15) is 5.10 Å². The molecule has 0 fully saturated rings. The molecule has 0 aliphatic rings. The van der Waals surface area contributed by atoms with Gasteiger partial charge in [0.25, 0.3) is 0 Å². The van der Waals surface area contributed by atoms with Crippen molar-refractivity contribution in [3.8, 4) is 0 Å². The lowest BCUT2D eigenvalue weighted by molar-refractivity contribution is 0.210. The molecule has 5 nitrogen and oxygen atoms in total. The van der Waals surface area contributed by atoms with Crippen LogP contribution in [0.3, 0.4) is 0 Å². The van der Waals surface area contributed by atoms with Crippen LogP contribution in [0.1, 0.15) is 33.1 Å². The van der Waals surface area contributed by atoms with Crippen LogP contribution in [-0.4, -0.2) is 33.8 Å². The monoisotopic (exact) mass is 238 g/mol. The Balaban J connectivity index is 2.55. The van der Waals surface area contributed by atoms with Crippen molar-refractivity contribution in [3.05, 3.63) is 12.3 Å². The second kappa shape index (κ2) is 6.93. The summed E-state index contributed by atoms with van der Waals surface area (Å²) in [5.74, 6) is 0.729. The molecule has 1 heterocycles. The van der Waals surface area contributed by atoms with E-state index in [0.717, 1.165) is 38.2 Å². The van der Waals surface area contributed by atoms with E-state index in [-0.39, 0.29) is 6.03 Å². The summed E-state index contributed by atoms with van der Waals surface area (Å²) in [4.78, 5) is 13.9. The number of aryl methyl sites for hydroxylation is 1. The Morgan fingerprint density at radius 2 is 2.18 bits per heavy atom. The van der Waals surface area contributed by atoms with E-state index in [1.54, 1.807) is 16.9 Å². The molecule has 1 N–H and O–H groups in total.